The summed E-state index contributed by atoms with van der Waals surface area (Å²) in [6.45, 7) is 0.716. The first kappa shape index (κ1) is 15.7. The number of nitrogens with one attached hydrogen (secondary N) is 1. The van der Waals surface area contributed by atoms with Crippen LogP contribution in [-0.4, -0.2) is 44.9 Å². The van der Waals surface area contributed by atoms with Gasteiger partial charge in [-0.25, -0.2) is 15.0 Å². The Morgan fingerprint density at radius 3 is 2.96 bits per heavy atom. The van der Waals surface area contributed by atoms with Gasteiger partial charge in [-0.2, -0.15) is 0 Å². The number of hydrogen-bond donors (Lipinski definition) is 1. The van der Waals surface area contributed by atoms with Crippen LogP contribution in [0.1, 0.15) is 6.42 Å². The van der Waals surface area contributed by atoms with Crippen molar-refractivity contribution in [3.63, 3.8) is 0 Å². The molecule has 1 atom stereocenters. The Kier molecular flexibility index (Phi) is 3.71. The van der Waals surface area contributed by atoms with Gasteiger partial charge in [-0.05, 0) is 11.5 Å². The number of H-pyrrole nitrogens is 1. The Morgan fingerprint density at radius 1 is 1.11 bits per heavy atom. The molecule has 0 radical (unpaired) electrons. The first-order chi connectivity index (χ1) is 13.3. The predicted molar refractivity (Wildman–Crippen MR) is 102 cm³/mol. The SMILES string of the molecule is O=C1CC(COc2cccc3ccccc23)N(c2ncnc3nc[nH]c23)C1. The highest BCUT2D eigenvalue weighted by atomic mass is 16.5. The van der Waals surface area contributed by atoms with Crippen LogP contribution < -0.4 is 9.64 Å². The largest absolute Gasteiger partial charge is 0.491 e. The van der Waals surface area contributed by atoms with Crippen molar-refractivity contribution in [3.8, 4) is 5.75 Å². The maximum Gasteiger partial charge on any atom is 0.182 e. The third-order valence-electron chi connectivity index (χ3n) is 4.91. The molecular formula is C20H17N5O2. The Bertz CT molecular complexity index is 1130. The predicted octanol–water partition coefficient (Wildman–Crippen LogP) is 2.73. The van der Waals surface area contributed by atoms with Gasteiger partial charge in [0.25, 0.3) is 0 Å². The van der Waals surface area contributed by atoms with Crippen LogP contribution in [-0.2, 0) is 4.79 Å². The molecule has 7 heteroatoms. The topological polar surface area (TPSA) is 84.0 Å². The molecule has 1 fully saturated rings. The molecule has 0 spiro atoms. The minimum atomic E-state index is -0.0853. The van der Waals surface area contributed by atoms with Crippen molar-refractivity contribution < 1.29 is 9.53 Å². The molecule has 27 heavy (non-hydrogen) atoms. The number of ketones is 1. The molecule has 134 valence electrons. The van der Waals surface area contributed by atoms with Crippen molar-refractivity contribution in [2.45, 2.75) is 12.5 Å². The molecular weight excluding hydrogens is 342 g/mol. The summed E-state index contributed by atoms with van der Waals surface area (Å²) in [5, 5.41) is 2.19. The molecule has 0 saturated carbocycles. The highest BCUT2D eigenvalue weighted by molar-refractivity contribution is 5.92. The Hall–Kier alpha value is -3.48. The summed E-state index contributed by atoms with van der Waals surface area (Å²) < 4.78 is 6.13. The van der Waals surface area contributed by atoms with E-state index in [-0.39, 0.29) is 11.8 Å². The molecule has 3 heterocycles. The van der Waals surface area contributed by atoms with Gasteiger partial charge in [0.05, 0.1) is 18.9 Å². The van der Waals surface area contributed by atoms with Gasteiger partial charge < -0.3 is 14.6 Å². The molecule has 1 aliphatic heterocycles. The number of benzene rings is 2. The van der Waals surface area contributed by atoms with E-state index in [1.807, 2.05) is 35.2 Å². The summed E-state index contributed by atoms with van der Waals surface area (Å²) in [5.41, 5.74) is 1.33. The average Bonchev–Trinajstić information content (AvgIpc) is 3.32. The van der Waals surface area contributed by atoms with E-state index in [0.717, 1.165) is 22.0 Å². The molecule has 7 nitrogen and oxygen atoms in total. The van der Waals surface area contributed by atoms with Crippen LogP contribution in [0, 0.1) is 0 Å². The lowest BCUT2D eigenvalue weighted by Gasteiger charge is -2.25. The molecule has 4 aromatic rings. The summed E-state index contributed by atoms with van der Waals surface area (Å²) in [5.74, 6) is 1.68. The lowest BCUT2D eigenvalue weighted by atomic mass is 10.1. The van der Waals surface area contributed by atoms with E-state index in [4.69, 9.17) is 4.74 Å². The lowest BCUT2D eigenvalue weighted by Crippen LogP contribution is -2.35. The van der Waals surface area contributed by atoms with Crippen LogP contribution in [0.25, 0.3) is 21.9 Å². The number of anilines is 1. The molecule has 5 rings (SSSR count). The first-order valence-corrected chi connectivity index (χ1v) is 8.82. The smallest absolute Gasteiger partial charge is 0.182 e. The zero-order valence-corrected chi connectivity index (χ0v) is 14.5. The quantitative estimate of drug-likeness (QED) is 0.603. The van der Waals surface area contributed by atoms with Crippen LogP contribution in [0.5, 0.6) is 5.75 Å². The number of ether oxygens (including phenoxy) is 1. The van der Waals surface area contributed by atoms with E-state index in [1.165, 1.54) is 6.33 Å². The molecule has 2 aromatic heterocycles. The summed E-state index contributed by atoms with van der Waals surface area (Å²) in [4.78, 5) is 29.9. The highest BCUT2D eigenvalue weighted by Gasteiger charge is 2.33. The van der Waals surface area contributed by atoms with E-state index < -0.39 is 0 Å². The standard InChI is InChI=1S/C20H17N5O2/c26-15-8-14(10-27-17-7-3-5-13-4-1-2-6-16(13)17)25(9-15)20-18-19(22-11-21-18)23-12-24-20/h1-7,11-12,14H,8-10H2,(H,21,22,23,24). The van der Waals surface area contributed by atoms with Crippen LogP contribution in [0.3, 0.4) is 0 Å². The van der Waals surface area contributed by atoms with Crippen LogP contribution in [0.2, 0.25) is 0 Å². The molecule has 1 N–H and O–H groups in total. The van der Waals surface area contributed by atoms with Gasteiger partial charge >= 0.3 is 0 Å². The summed E-state index contributed by atoms with van der Waals surface area (Å²) in [6, 6.07) is 14.0. The van der Waals surface area contributed by atoms with E-state index >= 15 is 0 Å². The van der Waals surface area contributed by atoms with Gasteiger partial charge in [0.15, 0.2) is 17.2 Å². The molecule has 2 aromatic carbocycles. The average molecular weight is 359 g/mol. The number of fused-ring (bicyclic) bond motifs is 2. The maximum atomic E-state index is 12.2. The van der Waals surface area contributed by atoms with Crippen molar-refractivity contribution in [1.29, 1.82) is 0 Å². The fourth-order valence-electron chi connectivity index (χ4n) is 3.63. The number of Topliss-reactive ketones (excluding diaryl/α,β-unsaturated/α-hetero) is 1. The fourth-order valence-corrected chi connectivity index (χ4v) is 3.63. The van der Waals surface area contributed by atoms with Crippen molar-refractivity contribution in [2.24, 2.45) is 0 Å². The zero-order valence-electron chi connectivity index (χ0n) is 14.5. The number of carbonyl (C=O) groups is 1. The minimum absolute atomic E-state index is 0.0853. The van der Waals surface area contributed by atoms with Gasteiger partial charge in [0.1, 0.15) is 24.2 Å². The number of carbonyl (C=O) groups excluding carboxylic acids is 1. The summed E-state index contributed by atoms with van der Waals surface area (Å²) in [6.07, 6.45) is 3.50. The molecule has 1 saturated heterocycles. The summed E-state index contributed by atoms with van der Waals surface area (Å²) >= 11 is 0. The molecule has 1 aliphatic rings. The van der Waals surface area contributed by atoms with Gasteiger partial charge in [-0.3, -0.25) is 4.79 Å². The van der Waals surface area contributed by atoms with Crippen molar-refractivity contribution in [3.05, 3.63) is 55.1 Å². The lowest BCUT2D eigenvalue weighted by molar-refractivity contribution is -0.116. The van der Waals surface area contributed by atoms with Crippen molar-refractivity contribution >= 4 is 33.5 Å². The number of hydrogen-bond acceptors (Lipinski definition) is 6. The Balaban J connectivity index is 1.43. The maximum absolute atomic E-state index is 12.2. The minimum Gasteiger partial charge on any atom is -0.491 e. The van der Waals surface area contributed by atoms with E-state index in [1.54, 1.807) is 6.33 Å². The van der Waals surface area contributed by atoms with Crippen molar-refractivity contribution in [2.75, 3.05) is 18.1 Å². The number of nitrogens with zero attached hydrogens (tertiary/aromatic N) is 4. The molecule has 1 unspecified atom stereocenters. The number of imidazole rings is 1. The number of aromatic amines is 1. The second-order valence-corrected chi connectivity index (χ2v) is 6.61. The number of rotatable bonds is 4. The van der Waals surface area contributed by atoms with E-state index in [9.17, 15) is 4.79 Å². The van der Waals surface area contributed by atoms with Gasteiger partial charge in [0, 0.05) is 11.8 Å². The van der Waals surface area contributed by atoms with E-state index in [0.29, 0.717) is 31.0 Å². The third-order valence-corrected chi connectivity index (χ3v) is 4.91. The monoisotopic (exact) mass is 359 g/mol. The molecule has 0 aliphatic carbocycles. The second kappa shape index (κ2) is 6.35. The second-order valence-electron chi connectivity index (χ2n) is 6.61. The normalized spacial score (nSPS) is 17.1. The van der Waals surface area contributed by atoms with Crippen LogP contribution >= 0.6 is 0 Å². The van der Waals surface area contributed by atoms with Gasteiger partial charge in [0.2, 0.25) is 0 Å². The van der Waals surface area contributed by atoms with Crippen LogP contribution in [0.15, 0.2) is 55.1 Å². The Morgan fingerprint density at radius 2 is 2.00 bits per heavy atom. The zero-order chi connectivity index (χ0) is 18.2. The third kappa shape index (κ3) is 2.77. The number of aromatic nitrogens is 4. The molecule has 0 amide bonds. The van der Waals surface area contributed by atoms with Gasteiger partial charge in [-0.15, -0.1) is 0 Å². The highest BCUT2D eigenvalue weighted by Crippen LogP contribution is 2.29. The van der Waals surface area contributed by atoms with Gasteiger partial charge in [-0.1, -0.05) is 36.4 Å². The van der Waals surface area contributed by atoms with Crippen molar-refractivity contribution in [1.82, 2.24) is 19.9 Å². The van der Waals surface area contributed by atoms with E-state index in [2.05, 4.69) is 32.1 Å². The summed E-state index contributed by atoms with van der Waals surface area (Å²) in [7, 11) is 0. The molecule has 0 bridgehead atoms. The fraction of sp³-hybridized carbons (Fsp3) is 0.200. The first-order valence-electron chi connectivity index (χ1n) is 8.82. The Labute approximate surface area is 155 Å². The van der Waals surface area contributed by atoms with Crippen LogP contribution in [0.4, 0.5) is 5.82 Å².